The molecule has 1 N–H and O–H groups in total. The van der Waals surface area contributed by atoms with Gasteiger partial charge in [0.2, 0.25) is 0 Å². The Labute approximate surface area is 155 Å². The number of anilines is 1. The topological polar surface area (TPSA) is 60.2 Å². The maximum absolute atomic E-state index is 6.11. The van der Waals surface area contributed by atoms with E-state index in [0.29, 0.717) is 13.2 Å². The predicted molar refractivity (Wildman–Crippen MR) is 102 cm³/mol. The summed E-state index contributed by atoms with van der Waals surface area (Å²) in [4.78, 5) is 11.8. The van der Waals surface area contributed by atoms with Gasteiger partial charge >= 0.3 is 0 Å². The van der Waals surface area contributed by atoms with E-state index >= 15 is 0 Å². The third-order valence-electron chi connectivity index (χ3n) is 4.76. The van der Waals surface area contributed by atoms with Gasteiger partial charge in [0.15, 0.2) is 5.16 Å². The zero-order valence-electron chi connectivity index (χ0n) is 14.6. The summed E-state index contributed by atoms with van der Waals surface area (Å²) in [5, 5.41) is 5.38. The van der Waals surface area contributed by atoms with Crippen LogP contribution in [0.3, 0.4) is 0 Å². The van der Waals surface area contributed by atoms with E-state index in [1.807, 2.05) is 18.4 Å². The second kappa shape index (κ2) is 6.63. The van der Waals surface area contributed by atoms with Crippen molar-refractivity contribution in [1.29, 1.82) is 0 Å². The minimum Gasteiger partial charge on any atom is -0.467 e. The summed E-state index contributed by atoms with van der Waals surface area (Å²) in [6, 6.07) is 3.86. The van der Waals surface area contributed by atoms with E-state index in [1.54, 1.807) is 29.4 Å². The Morgan fingerprint density at radius 1 is 1.40 bits per heavy atom. The number of hydrogen-bond donors (Lipinski definition) is 1. The lowest BCUT2D eigenvalue weighted by molar-refractivity contribution is -0.0542. The van der Waals surface area contributed by atoms with Crippen LogP contribution >= 0.6 is 23.1 Å². The van der Waals surface area contributed by atoms with Crippen molar-refractivity contribution < 1.29 is 9.15 Å². The van der Waals surface area contributed by atoms with E-state index in [0.717, 1.165) is 39.8 Å². The zero-order chi connectivity index (χ0) is 17.4. The van der Waals surface area contributed by atoms with Gasteiger partial charge in [0.1, 0.15) is 16.4 Å². The Kier molecular flexibility index (Phi) is 4.47. The Morgan fingerprint density at radius 3 is 3.00 bits per heavy atom. The summed E-state index contributed by atoms with van der Waals surface area (Å²) < 4.78 is 11.5. The number of nitrogens with one attached hydrogen (secondary N) is 1. The van der Waals surface area contributed by atoms with Gasteiger partial charge in [-0.15, -0.1) is 11.3 Å². The van der Waals surface area contributed by atoms with E-state index in [1.165, 1.54) is 10.4 Å². The number of thioether (sulfide) groups is 1. The third kappa shape index (κ3) is 3.16. The SMILES string of the molecule is CC[C@]1(C)Cc2c(sc3nc(SC)nc(NCc4ccco4)c23)CO1. The van der Waals surface area contributed by atoms with Crippen LogP contribution in [0.4, 0.5) is 5.82 Å². The van der Waals surface area contributed by atoms with Crippen LogP contribution < -0.4 is 5.32 Å². The van der Waals surface area contributed by atoms with E-state index < -0.39 is 0 Å². The highest BCUT2D eigenvalue weighted by molar-refractivity contribution is 7.98. The van der Waals surface area contributed by atoms with E-state index in [2.05, 4.69) is 19.2 Å². The number of hydrogen-bond acceptors (Lipinski definition) is 7. The van der Waals surface area contributed by atoms with Crippen LogP contribution in [-0.2, 0) is 24.3 Å². The van der Waals surface area contributed by atoms with Crippen LogP contribution in [0.25, 0.3) is 10.2 Å². The highest BCUT2D eigenvalue weighted by Crippen LogP contribution is 2.42. The first-order valence-electron chi connectivity index (χ1n) is 8.38. The largest absolute Gasteiger partial charge is 0.467 e. The van der Waals surface area contributed by atoms with Crippen molar-refractivity contribution in [2.24, 2.45) is 0 Å². The third-order valence-corrected chi connectivity index (χ3v) is 6.40. The van der Waals surface area contributed by atoms with Crippen molar-refractivity contribution in [3.8, 4) is 0 Å². The second-order valence-electron chi connectivity index (χ2n) is 6.44. The molecule has 1 aliphatic heterocycles. The van der Waals surface area contributed by atoms with Gasteiger partial charge in [0.05, 0.1) is 30.4 Å². The molecular formula is C18H21N3O2S2. The lowest BCUT2D eigenvalue weighted by atomic mass is 9.90. The molecule has 5 nitrogen and oxygen atoms in total. The monoisotopic (exact) mass is 375 g/mol. The van der Waals surface area contributed by atoms with Gasteiger partial charge in [0.25, 0.3) is 0 Å². The Hall–Kier alpha value is -1.57. The highest BCUT2D eigenvalue weighted by atomic mass is 32.2. The lowest BCUT2D eigenvalue weighted by Crippen LogP contribution is -2.33. The Bertz CT molecular complexity index is 891. The number of fused-ring (bicyclic) bond motifs is 3. The van der Waals surface area contributed by atoms with Gasteiger partial charge in [0, 0.05) is 11.3 Å². The van der Waals surface area contributed by atoms with Gasteiger partial charge in [-0.3, -0.25) is 0 Å². The first-order valence-corrected chi connectivity index (χ1v) is 10.4. The molecule has 3 aromatic heterocycles. The standard InChI is InChI=1S/C18H21N3O2S2/c1-4-18(2)8-12-13(10-23-18)25-16-14(12)15(20-17(21-16)24-3)19-9-11-6-5-7-22-11/h5-7H,4,8-10H2,1-3H3,(H,19,20,21)/t18-/m1/s1. The van der Waals surface area contributed by atoms with Crippen LogP contribution in [0.1, 0.15) is 36.5 Å². The average Bonchev–Trinajstić information content (AvgIpc) is 3.26. The Morgan fingerprint density at radius 2 is 2.28 bits per heavy atom. The molecule has 0 radical (unpaired) electrons. The first kappa shape index (κ1) is 16.9. The molecule has 0 fully saturated rings. The van der Waals surface area contributed by atoms with Crippen molar-refractivity contribution >= 4 is 39.1 Å². The van der Waals surface area contributed by atoms with Crippen molar-refractivity contribution in [2.75, 3.05) is 11.6 Å². The molecule has 132 valence electrons. The van der Waals surface area contributed by atoms with E-state index in [9.17, 15) is 0 Å². The maximum Gasteiger partial charge on any atom is 0.190 e. The number of rotatable bonds is 5. The van der Waals surface area contributed by atoms with Crippen LogP contribution in [-0.4, -0.2) is 21.8 Å². The first-order chi connectivity index (χ1) is 12.1. The summed E-state index contributed by atoms with van der Waals surface area (Å²) >= 11 is 3.29. The fourth-order valence-electron chi connectivity index (χ4n) is 3.08. The van der Waals surface area contributed by atoms with Crippen molar-refractivity contribution in [3.63, 3.8) is 0 Å². The van der Waals surface area contributed by atoms with Gasteiger partial charge in [-0.2, -0.15) is 0 Å². The summed E-state index contributed by atoms with van der Waals surface area (Å²) in [7, 11) is 0. The second-order valence-corrected chi connectivity index (χ2v) is 8.30. The summed E-state index contributed by atoms with van der Waals surface area (Å²) in [6.45, 7) is 5.64. The molecule has 0 aliphatic carbocycles. The van der Waals surface area contributed by atoms with Gasteiger partial charge < -0.3 is 14.5 Å². The minimum absolute atomic E-state index is 0.114. The average molecular weight is 376 g/mol. The summed E-state index contributed by atoms with van der Waals surface area (Å²) in [5.74, 6) is 1.78. The van der Waals surface area contributed by atoms with Gasteiger partial charge in [-0.05, 0) is 37.3 Å². The lowest BCUT2D eigenvalue weighted by Gasteiger charge is -2.33. The van der Waals surface area contributed by atoms with Gasteiger partial charge in [-0.25, -0.2) is 9.97 Å². The highest BCUT2D eigenvalue weighted by Gasteiger charge is 2.33. The summed E-state index contributed by atoms with van der Waals surface area (Å²) in [6.07, 6.45) is 5.58. The van der Waals surface area contributed by atoms with E-state index in [4.69, 9.17) is 19.1 Å². The number of nitrogens with zero attached hydrogens (tertiary/aromatic N) is 2. The maximum atomic E-state index is 6.11. The van der Waals surface area contributed by atoms with Crippen LogP contribution in [0.15, 0.2) is 28.0 Å². The fraction of sp³-hybridized carbons (Fsp3) is 0.444. The number of ether oxygens (including phenoxy) is 1. The molecule has 7 heteroatoms. The molecule has 1 aliphatic rings. The molecule has 0 spiro atoms. The zero-order valence-corrected chi connectivity index (χ0v) is 16.2. The summed E-state index contributed by atoms with van der Waals surface area (Å²) in [5.41, 5.74) is 1.22. The molecule has 0 bridgehead atoms. The van der Waals surface area contributed by atoms with Crippen LogP contribution in [0.5, 0.6) is 0 Å². The molecule has 25 heavy (non-hydrogen) atoms. The molecule has 0 amide bonds. The van der Waals surface area contributed by atoms with Crippen molar-refractivity contribution in [1.82, 2.24) is 9.97 Å². The number of aromatic nitrogens is 2. The number of furan rings is 1. The molecular weight excluding hydrogens is 354 g/mol. The molecule has 0 saturated carbocycles. The molecule has 0 aromatic carbocycles. The quantitative estimate of drug-likeness (QED) is 0.508. The smallest absolute Gasteiger partial charge is 0.190 e. The molecule has 0 saturated heterocycles. The molecule has 1 atom stereocenters. The molecule has 4 heterocycles. The van der Waals surface area contributed by atoms with Gasteiger partial charge in [-0.1, -0.05) is 18.7 Å². The number of thiophene rings is 1. The van der Waals surface area contributed by atoms with Crippen molar-refractivity contribution in [2.45, 2.75) is 50.6 Å². The van der Waals surface area contributed by atoms with Crippen LogP contribution in [0.2, 0.25) is 0 Å². The fourth-order valence-corrected chi connectivity index (χ4v) is 4.61. The molecule has 0 unspecified atom stereocenters. The normalized spacial score (nSPS) is 20.0. The van der Waals surface area contributed by atoms with E-state index in [-0.39, 0.29) is 5.60 Å². The Balaban J connectivity index is 1.78. The van der Waals surface area contributed by atoms with Crippen molar-refractivity contribution in [3.05, 3.63) is 34.6 Å². The minimum atomic E-state index is -0.114. The van der Waals surface area contributed by atoms with Crippen LogP contribution in [0, 0.1) is 0 Å². The predicted octanol–water partition coefficient (Wildman–Crippen LogP) is 4.86. The molecule has 4 rings (SSSR count). The molecule has 3 aromatic rings.